The number of ether oxygens (including phenoxy) is 1. The third-order valence-electron chi connectivity index (χ3n) is 4.79. The quantitative estimate of drug-likeness (QED) is 0.861. The second kappa shape index (κ2) is 7.27. The van der Waals surface area contributed by atoms with Gasteiger partial charge in [-0.25, -0.2) is 4.79 Å². The molecule has 0 radical (unpaired) electrons. The number of carbonyl (C=O) groups is 1. The Kier molecular flexibility index (Phi) is 5.66. The predicted octanol–water partition coefficient (Wildman–Crippen LogP) is 2.41. The van der Waals surface area contributed by atoms with Gasteiger partial charge in [-0.15, -0.1) is 0 Å². The first-order chi connectivity index (χ1) is 9.60. The molecule has 2 rings (SSSR count). The Morgan fingerprint density at radius 1 is 1.15 bits per heavy atom. The van der Waals surface area contributed by atoms with Gasteiger partial charge in [0.15, 0.2) is 0 Å². The van der Waals surface area contributed by atoms with E-state index in [1.54, 1.807) is 0 Å². The van der Waals surface area contributed by atoms with Crippen molar-refractivity contribution in [2.24, 2.45) is 0 Å². The van der Waals surface area contributed by atoms with Crippen molar-refractivity contribution in [2.45, 2.75) is 64.2 Å². The summed E-state index contributed by atoms with van der Waals surface area (Å²) in [6.45, 7) is 8.03. The first-order valence-corrected chi connectivity index (χ1v) is 7.97. The van der Waals surface area contributed by atoms with Crippen LogP contribution in [0.15, 0.2) is 0 Å². The molecule has 1 atom stereocenters. The lowest BCUT2D eigenvalue weighted by Crippen LogP contribution is -2.45. The van der Waals surface area contributed by atoms with Crippen molar-refractivity contribution in [3.63, 3.8) is 0 Å². The number of hydrogen-bond acceptors (Lipinski definition) is 3. The average molecular weight is 284 g/mol. The summed E-state index contributed by atoms with van der Waals surface area (Å²) in [5.41, 5.74) is 0. The maximum Gasteiger partial charge on any atom is 0.407 e. The maximum absolute atomic E-state index is 10.9. The van der Waals surface area contributed by atoms with E-state index in [4.69, 9.17) is 9.84 Å². The molecule has 1 N–H and O–H groups in total. The van der Waals surface area contributed by atoms with Crippen LogP contribution in [0.5, 0.6) is 0 Å². The van der Waals surface area contributed by atoms with E-state index in [0.717, 1.165) is 38.8 Å². The van der Waals surface area contributed by atoms with E-state index in [0.29, 0.717) is 25.2 Å². The maximum atomic E-state index is 10.9. The zero-order valence-corrected chi connectivity index (χ0v) is 12.8. The second-order valence-corrected chi connectivity index (χ2v) is 6.10. The Morgan fingerprint density at radius 2 is 1.65 bits per heavy atom. The van der Waals surface area contributed by atoms with E-state index in [1.165, 1.54) is 11.3 Å². The minimum absolute atomic E-state index is 0.255. The van der Waals surface area contributed by atoms with Gasteiger partial charge in [0.1, 0.15) is 0 Å². The van der Waals surface area contributed by atoms with Crippen LogP contribution >= 0.6 is 0 Å². The fraction of sp³-hybridized carbons (Fsp3) is 0.933. The third kappa shape index (κ3) is 4.09. The molecule has 0 unspecified atom stereocenters. The molecule has 2 saturated heterocycles. The van der Waals surface area contributed by atoms with E-state index in [-0.39, 0.29) is 6.10 Å². The fourth-order valence-corrected chi connectivity index (χ4v) is 3.17. The van der Waals surface area contributed by atoms with Crippen molar-refractivity contribution in [2.75, 3.05) is 26.2 Å². The summed E-state index contributed by atoms with van der Waals surface area (Å²) in [6, 6.07) is 0.676. The highest BCUT2D eigenvalue weighted by molar-refractivity contribution is 5.64. The largest absolute Gasteiger partial charge is 0.465 e. The summed E-state index contributed by atoms with van der Waals surface area (Å²) < 4.78 is 6.18. The van der Waals surface area contributed by atoms with Gasteiger partial charge < -0.3 is 19.6 Å². The molecular weight excluding hydrogens is 256 g/mol. The zero-order valence-electron chi connectivity index (χ0n) is 12.8. The topological polar surface area (TPSA) is 53.0 Å². The van der Waals surface area contributed by atoms with E-state index < -0.39 is 6.09 Å². The number of nitrogens with zero attached hydrogens (tertiary/aromatic N) is 2. The van der Waals surface area contributed by atoms with Crippen molar-refractivity contribution in [3.05, 3.63) is 0 Å². The Balaban J connectivity index is 1.67. The number of rotatable bonds is 4. The summed E-state index contributed by atoms with van der Waals surface area (Å²) in [5.74, 6) is 0. The van der Waals surface area contributed by atoms with Gasteiger partial charge in [0.05, 0.1) is 12.2 Å². The first kappa shape index (κ1) is 15.6. The molecule has 2 heterocycles. The van der Waals surface area contributed by atoms with Crippen LogP contribution in [-0.4, -0.2) is 65.4 Å². The Bertz CT molecular complexity index is 308. The second-order valence-electron chi connectivity index (χ2n) is 6.10. The van der Waals surface area contributed by atoms with Crippen molar-refractivity contribution < 1.29 is 14.6 Å². The molecule has 2 aliphatic rings. The molecule has 0 aromatic rings. The van der Waals surface area contributed by atoms with Gasteiger partial charge >= 0.3 is 6.09 Å². The molecule has 0 aliphatic carbocycles. The van der Waals surface area contributed by atoms with Crippen molar-refractivity contribution in [3.8, 4) is 0 Å². The minimum Gasteiger partial charge on any atom is -0.465 e. The first-order valence-electron chi connectivity index (χ1n) is 7.97. The number of likely N-dealkylation sites (tertiary alicyclic amines) is 2. The minimum atomic E-state index is -0.801. The lowest BCUT2D eigenvalue weighted by Gasteiger charge is -2.38. The summed E-state index contributed by atoms with van der Waals surface area (Å²) in [7, 11) is 0. The monoisotopic (exact) mass is 284 g/mol. The van der Waals surface area contributed by atoms with Gasteiger partial charge in [0.25, 0.3) is 0 Å². The Hall–Kier alpha value is -0.810. The van der Waals surface area contributed by atoms with Crippen molar-refractivity contribution in [1.29, 1.82) is 0 Å². The molecule has 1 amide bonds. The summed E-state index contributed by atoms with van der Waals surface area (Å²) in [4.78, 5) is 14.9. The zero-order chi connectivity index (χ0) is 14.5. The van der Waals surface area contributed by atoms with Crippen LogP contribution in [0.4, 0.5) is 4.79 Å². The third-order valence-corrected chi connectivity index (χ3v) is 4.79. The molecular formula is C15H28N2O3. The number of hydrogen-bond donors (Lipinski definition) is 1. The fourth-order valence-electron chi connectivity index (χ4n) is 3.17. The van der Waals surface area contributed by atoms with Crippen LogP contribution in [0.1, 0.15) is 46.0 Å². The van der Waals surface area contributed by atoms with Crippen LogP contribution in [0.3, 0.4) is 0 Å². The number of piperidine rings is 2. The number of carboxylic acid groups (broad SMARTS) is 1. The molecule has 20 heavy (non-hydrogen) atoms. The molecule has 0 aromatic carbocycles. The average Bonchev–Trinajstić information content (AvgIpc) is 2.48. The van der Waals surface area contributed by atoms with Crippen LogP contribution in [0, 0.1) is 0 Å². The Morgan fingerprint density at radius 3 is 2.10 bits per heavy atom. The van der Waals surface area contributed by atoms with Gasteiger partial charge in [0, 0.05) is 32.2 Å². The highest BCUT2D eigenvalue weighted by Crippen LogP contribution is 2.22. The summed E-state index contributed by atoms with van der Waals surface area (Å²) in [6.07, 6.45) is 4.95. The van der Waals surface area contributed by atoms with Crippen molar-refractivity contribution in [1.82, 2.24) is 9.80 Å². The van der Waals surface area contributed by atoms with E-state index in [1.807, 2.05) is 0 Å². The van der Waals surface area contributed by atoms with Crippen LogP contribution in [0.25, 0.3) is 0 Å². The molecule has 0 spiro atoms. The van der Waals surface area contributed by atoms with E-state index >= 15 is 0 Å². The predicted molar refractivity (Wildman–Crippen MR) is 78.1 cm³/mol. The van der Waals surface area contributed by atoms with Gasteiger partial charge in [-0.05, 0) is 39.0 Å². The molecule has 5 nitrogen and oxygen atoms in total. The smallest absolute Gasteiger partial charge is 0.407 e. The Labute approximate surface area is 121 Å². The molecule has 2 fully saturated rings. The molecule has 116 valence electrons. The molecule has 0 aromatic heterocycles. The van der Waals surface area contributed by atoms with Gasteiger partial charge in [-0.3, -0.25) is 0 Å². The number of amides is 1. The molecule has 2 aliphatic heterocycles. The highest BCUT2D eigenvalue weighted by Gasteiger charge is 2.28. The normalized spacial score (nSPS) is 24.8. The summed E-state index contributed by atoms with van der Waals surface area (Å²) in [5, 5.41) is 8.93. The van der Waals surface area contributed by atoms with Crippen LogP contribution < -0.4 is 0 Å². The van der Waals surface area contributed by atoms with E-state index in [2.05, 4.69) is 18.7 Å². The summed E-state index contributed by atoms with van der Waals surface area (Å²) >= 11 is 0. The van der Waals surface area contributed by atoms with Gasteiger partial charge in [0.2, 0.25) is 0 Å². The SMILES string of the molecule is CC[C@H](C)N1CCC(OC2CCN(C(=O)O)CC2)CC1. The van der Waals surface area contributed by atoms with Gasteiger partial charge in [-0.1, -0.05) is 6.92 Å². The lowest BCUT2D eigenvalue weighted by atomic mass is 10.0. The standard InChI is InChI=1S/C15H28N2O3/c1-3-12(2)16-8-4-13(5-9-16)20-14-6-10-17(11-7-14)15(18)19/h12-14H,3-11H2,1-2H3,(H,18,19)/t12-/m0/s1. The van der Waals surface area contributed by atoms with Gasteiger partial charge in [-0.2, -0.15) is 0 Å². The van der Waals surface area contributed by atoms with Crippen LogP contribution in [0.2, 0.25) is 0 Å². The molecule has 0 bridgehead atoms. The highest BCUT2D eigenvalue weighted by atomic mass is 16.5. The molecule has 0 saturated carbocycles. The van der Waals surface area contributed by atoms with E-state index in [9.17, 15) is 4.79 Å². The van der Waals surface area contributed by atoms with Crippen molar-refractivity contribution >= 4 is 6.09 Å². The lowest BCUT2D eigenvalue weighted by molar-refractivity contribution is -0.0659. The molecule has 5 heteroatoms. The van der Waals surface area contributed by atoms with Crippen LogP contribution in [-0.2, 0) is 4.74 Å².